The first-order valence-corrected chi connectivity index (χ1v) is 10.2. The van der Waals surface area contributed by atoms with Crippen LogP contribution >= 0.6 is 0 Å². The Labute approximate surface area is 172 Å². The molecule has 2 aromatic rings. The summed E-state index contributed by atoms with van der Waals surface area (Å²) < 4.78 is 10.9. The summed E-state index contributed by atoms with van der Waals surface area (Å²) >= 11 is 0. The molecule has 0 spiro atoms. The maximum Gasteiger partial charge on any atom is 0.260 e. The summed E-state index contributed by atoms with van der Waals surface area (Å²) in [4.78, 5) is 20.7. The van der Waals surface area contributed by atoms with Crippen molar-refractivity contribution >= 4 is 23.5 Å². The van der Waals surface area contributed by atoms with Gasteiger partial charge in [-0.2, -0.15) is 0 Å². The van der Waals surface area contributed by atoms with E-state index in [0.717, 1.165) is 24.3 Å². The molecule has 0 aromatic heterocycles. The lowest BCUT2D eigenvalue weighted by Crippen LogP contribution is -2.42. The minimum absolute atomic E-state index is 0.00732. The van der Waals surface area contributed by atoms with Gasteiger partial charge in [0.2, 0.25) is 0 Å². The minimum Gasteiger partial charge on any atom is -0.484 e. The number of rotatable bonds is 8. The van der Waals surface area contributed by atoms with E-state index in [1.165, 1.54) is 5.69 Å². The molecule has 1 amide bonds. The topological polar surface area (TPSA) is 54.4 Å². The Hall–Kier alpha value is -2.86. The second-order valence-corrected chi connectivity index (χ2v) is 6.80. The van der Waals surface area contributed by atoms with E-state index in [2.05, 4.69) is 35.9 Å². The number of aliphatic imine (C=N–C) groups is 1. The quantitative estimate of drug-likeness (QED) is 0.642. The van der Waals surface area contributed by atoms with Gasteiger partial charge >= 0.3 is 0 Å². The Morgan fingerprint density at radius 1 is 1.07 bits per heavy atom. The van der Waals surface area contributed by atoms with Crippen LogP contribution in [0.25, 0.3) is 0 Å². The zero-order valence-corrected chi connectivity index (χ0v) is 17.2. The summed E-state index contributed by atoms with van der Waals surface area (Å²) in [5.74, 6) is 0.666. The number of amides is 1. The number of benzene rings is 2. The van der Waals surface area contributed by atoms with Gasteiger partial charge in [0, 0.05) is 38.1 Å². The van der Waals surface area contributed by atoms with Crippen LogP contribution in [0.4, 0.5) is 11.4 Å². The van der Waals surface area contributed by atoms with Gasteiger partial charge in [0.25, 0.3) is 5.91 Å². The van der Waals surface area contributed by atoms with Crippen LogP contribution in [0.5, 0.6) is 5.75 Å². The summed E-state index contributed by atoms with van der Waals surface area (Å²) in [6, 6.07) is 15.8. The number of nitrogens with zero attached hydrogens (tertiary/aromatic N) is 3. The van der Waals surface area contributed by atoms with E-state index >= 15 is 0 Å². The first-order chi connectivity index (χ1) is 14.2. The average molecular weight is 396 g/mol. The number of carbonyl (C=O) groups excluding carboxylic acids is 1. The maximum absolute atomic E-state index is 12.1. The number of hydrogen-bond donors (Lipinski definition) is 0. The van der Waals surface area contributed by atoms with Crippen LogP contribution in [0.15, 0.2) is 53.5 Å². The van der Waals surface area contributed by atoms with Crippen molar-refractivity contribution in [3.63, 3.8) is 0 Å². The van der Waals surface area contributed by atoms with E-state index in [-0.39, 0.29) is 12.5 Å². The highest BCUT2D eigenvalue weighted by molar-refractivity contribution is 5.82. The molecule has 0 N–H and O–H groups in total. The molecule has 1 heterocycles. The van der Waals surface area contributed by atoms with Crippen LogP contribution in [-0.4, -0.2) is 63.0 Å². The predicted molar refractivity (Wildman–Crippen MR) is 117 cm³/mol. The van der Waals surface area contributed by atoms with Gasteiger partial charge in [-0.05, 0) is 67.9 Å². The SMILES string of the molecule is CCN(CC)c1ccc(N=Cc2ccc(OCC(=O)N3CCOCC3)cc2)cc1. The van der Waals surface area contributed by atoms with Gasteiger partial charge in [-0.3, -0.25) is 9.79 Å². The van der Waals surface area contributed by atoms with Crippen molar-refractivity contribution in [2.45, 2.75) is 13.8 Å². The Morgan fingerprint density at radius 3 is 2.34 bits per heavy atom. The third kappa shape index (κ3) is 6.06. The van der Waals surface area contributed by atoms with Gasteiger partial charge in [-0.15, -0.1) is 0 Å². The summed E-state index contributed by atoms with van der Waals surface area (Å²) in [5, 5.41) is 0. The van der Waals surface area contributed by atoms with E-state index in [4.69, 9.17) is 9.47 Å². The molecule has 0 bridgehead atoms. The van der Waals surface area contributed by atoms with Crippen LogP contribution < -0.4 is 9.64 Å². The summed E-state index contributed by atoms with van der Waals surface area (Å²) in [7, 11) is 0. The van der Waals surface area contributed by atoms with Gasteiger partial charge in [-0.1, -0.05) is 0 Å². The van der Waals surface area contributed by atoms with Crippen LogP contribution in [0, 0.1) is 0 Å². The van der Waals surface area contributed by atoms with Crippen molar-refractivity contribution in [2.24, 2.45) is 4.99 Å². The highest BCUT2D eigenvalue weighted by atomic mass is 16.5. The van der Waals surface area contributed by atoms with Gasteiger partial charge in [0.05, 0.1) is 18.9 Å². The first kappa shape index (κ1) is 20.9. The molecule has 3 rings (SSSR count). The molecule has 6 heteroatoms. The molecule has 0 unspecified atom stereocenters. The molecular formula is C23H29N3O3. The predicted octanol–water partition coefficient (Wildman–Crippen LogP) is 3.52. The van der Waals surface area contributed by atoms with Gasteiger partial charge < -0.3 is 19.3 Å². The molecule has 1 aliphatic heterocycles. The second kappa shape index (κ2) is 10.6. The van der Waals surface area contributed by atoms with E-state index in [1.54, 1.807) is 4.90 Å². The monoisotopic (exact) mass is 395 g/mol. The number of morpholine rings is 1. The molecule has 154 valence electrons. The number of anilines is 1. The van der Waals surface area contributed by atoms with Crippen molar-refractivity contribution in [3.05, 3.63) is 54.1 Å². The lowest BCUT2D eigenvalue weighted by atomic mass is 10.2. The molecule has 2 aromatic carbocycles. The zero-order chi connectivity index (χ0) is 20.5. The molecule has 1 fully saturated rings. The normalized spacial score (nSPS) is 14.2. The minimum atomic E-state index is -0.00732. The number of carbonyl (C=O) groups is 1. The van der Waals surface area contributed by atoms with Crippen LogP contribution in [0.1, 0.15) is 19.4 Å². The third-order valence-corrected chi connectivity index (χ3v) is 4.95. The average Bonchev–Trinajstić information content (AvgIpc) is 2.79. The van der Waals surface area contributed by atoms with E-state index in [1.807, 2.05) is 42.6 Å². The summed E-state index contributed by atoms with van der Waals surface area (Å²) in [5.41, 5.74) is 3.10. The lowest BCUT2D eigenvalue weighted by Gasteiger charge is -2.26. The fourth-order valence-corrected chi connectivity index (χ4v) is 3.19. The first-order valence-electron chi connectivity index (χ1n) is 10.2. The standard InChI is InChI=1S/C23H29N3O3/c1-3-25(4-2)21-9-7-20(8-10-21)24-17-19-5-11-22(12-6-19)29-18-23(27)26-13-15-28-16-14-26/h5-12,17H,3-4,13-16,18H2,1-2H3. The molecule has 1 aliphatic rings. The second-order valence-electron chi connectivity index (χ2n) is 6.80. The molecule has 0 atom stereocenters. The molecule has 0 radical (unpaired) electrons. The fraction of sp³-hybridized carbons (Fsp3) is 0.391. The Kier molecular flexibility index (Phi) is 7.64. The van der Waals surface area contributed by atoms with E-state index in [9.17, 15) is 4.79 Å². The largest absolute Gasteiger partial charge is 0.484 e. The highest BCUT2D eigenvalue weighted by Gasteiger charge is 2.17. The van der Waals surface area contributed by atoms with Gasteiger partial charge in [-0.25, -0.2) is 0 Å². The van der Waals surface area contributed by atoms with Crippen LogP contribution in [-0.2, 0) is 9.53 Å². The van der Waals surface area contributed by atoms with Crippen molar-refractivity contribution in [2.75, 3.05) is 50.9 Å². The van der Waals surface area contributed by atoms with Crippen molar-refractivity contribution in [1.82, 2.24) is 4.90 Å². The van der Waals surface area contributed by atoms with Crippen LogP contribution in [0.2, 0.25) is 0 Å². The number of hydrogen-bond acceptors (Lipinski definition) is 5. The van der Waals surface area contributed by atoms with Crippen molar-refractivity contribution in [3.8, 4) is 5.75 Å². The number of ether oxygens (including phenoxy) is 2. The highest BCUT2D eigenvalue weighted by Crippen LogP contribution is 2.20. The molecule has 0 aliphatic carbocycles. The maximum atomic E-state index is 12.1. The molecule has 0 saturated carbocycles. The van der Waals surface area contributed by atoms with Gasteiger partial charge in [0.15, 0.2) is 6.61 Å². The summed E-state index contributed by atoms with van der Waals surface area (Å²) in [6.07, 6.45) is 1.83. The fourth-order valence-electron chi connectivity index (χ4n) is 3.19. The van der Waals surface area contributed by atoms with E-state index < -0.39 is 0 Å². The molecule has 1 saturated heterocycles. The van der Waals surface area contributed by atoms with Crippen LogP contribution in [0.3, 0.4) is 0 Å². The molecule has 29 heavy (non-hydrogen) atoms. The Morgan fingerprint density at radius 2 is 1.72 bits per heavy atom. The summed E-state index contributed by atoms with van der Waals surface area (Å²) in [6.45, 7) is 8.79. The Balaban J connectivity index is 1.51. The van der Waals surface area contributed by atoms with E-state index in [0.29, 0.717) is 32.1 Å². The smallest absolute Gasteiger partial charge is 0.260 e. The van der Waals surface area contributed by atoms with Crippen molar-refractivity contribution in [1.29, 1.82) is 0 Å². The van der Waals surface area contributed by atoms with Gasteiger partial charge in [0.1, 0.15) is 5.75 Å². The lowest BCUT2D eigenvalue weighted by molar-refractivity contribution is -0.137. The third-order valence-electron chi connectivity index (χ3n) is 4.95. The Bertz CT molecular complexity index is 793. The molecular weight excluding hydrogens is 366 g/mol. The zero-order valence-electron chi connectivity index (χ0n) is 17.2. The molecule has 6 nitrogen and oxygen atoms in total. The van der Waals surface area contributed by atoms with Crippen molar-refractivity contribution < 1.29 is 14.3 Å².